The van der Waals surface area contributed by atoms with Gasteiger partial charge < -0.3 is 9.84 Å². The van der Waals surface area contributed by atoms with Crippen molar-refractivity contribution in [2.75, 3.05) is 19.7 Å². The van der Waals surface area contributed by atoms with Gasteiger partial charge in [0.05, 0.1) is 0 Å². The molecule has 0 bridgehead atoms. The third-order valence-electron chi connectivity index (χ3n) is 4.10. The maximum atomic E-state index is 14.0. The summed E-state index contributed by atoms with van der Waals surface area (Å²) in [6.45, 7) is 6.18. The number of aliphatic hydroxyl groups excluding tert-OH is 1. The van der Waals surface area contributed by atoms with Gasteiger partial charge in [0.15, 0.2) is 0 Å². The average Bonchev–Trinajstić information content (AvgIpc) is 2.61. The van der Waals surface area contributed by atoms with Gasteiger partial charge in [-0.3, -0.25) is 4.90 Å². The second kappa shape index (κ2) is 10.5. The second-order valence-electron chi connectivity index (χ2n) is 6.93. The molecule has 0 saturated carbocycles. The number of nitrogens with zero attached hydrogens (tertiary/aromatic N) is 1. The van der Waals surface area contributed by atoms with Crippen LogP contribution >= 0.6 is 11.6 Å². The molecule has 26 heavy (non-hydrogen) atoms. The molecule has 1 N–H and O–H groups in total. The summed E-state index contributed by atoms with van der Waals surface area (Å²) >= 11 is 5.85. The predicted octanol–water partition coefficient (Wildman–Crippen LogP) is 4.77. The van der Waals surface area contributed by atoms with E-state index >= 15 is 0 Å². The fraction of sp³-hybridized carbons (Fsp3) is 0.429. The zero-order chi connectivity index (χ0) is 18.9. The molecule has 0 aromatic heterocycles. The van der Waals surface area contributed by atoms with Crippen molar-refractivity contribution in [1.29, 1.82) is 0 Å². The van der Waals surface area contributed by atoms with Gasteiger partial charge in [0.1, 0.15) is 24.3 Å². The molecular weight excluding hydrogens is 353 g/mol. The van der Waals surface area contributed by atoms with Crippen molar-refractivity contribution >= 4 is 11.6 Å². The van der Waals surface area contributed by atoms with Crippen LogP contribution in [0.2, 0.25) is 5.02 Å². The van der Waals surface area contributed by atoms with E-state index < -0.39 is 6.10 Å². The first-order chi connectivity index (χ1) is 12.4. The molecule has 1 atom stereocenters. The van der Waals surface area contributed by atoms with Crippen LogP contribution in [-0.2, 0) is 6.54 Å². The lowest BCUT2D eigenvalue weighted by Crippen LogP contribution is -2.36. The van der Waals surface area contributed by atoms with Crippen molar-refractivity contribution in [2.24, 2.45) is 5.92 Å². The third-order valence-corrected chi connectivity index (χ3v) is 4.35. The number of hydrogen-bond acceptors (Lipinski definition) is 3. The molecule has 0 saturated heterocycles. The molecular formula is C21H27ClFNO2. The minimum atomic E-state index is -0.662. The first-order valence-corrected chi connectivity index (χ1v) is 9.34. The molecule has 3 nitrogen and oxygen atoms in total. The number of aliphatic hydroxyl groups is 1. The lowest BCUT2D eigenvalue weighted by atomic mass is 10.1. The number of halogens is 2. The van der Waals surface area contributed by atoms with Crippen LogP contribution in [0.25, 0.3) is 0 Å². The van der Waals surface area contributed by atoms with Gasteiger partial charge in [-0.25, -0.2) is 4.39 Å². The Balaban J connectivity index is 1.91. The fourth-order valence-electron chi connectivity index (χ4n) is 2.62. The molecule has 0 aliphatic rings. The van der Waals surface area contributed by atoms with E-state index in [4.69, 9.17) is 16.3 Å². The molecule has 2 aromatic rings. The van der Waals surface area contributed by atoms with Gasteiger partial charge in [-0.05, 0) is 49.2 Å². The Morgan fingerprint density at radius 3 is 2.46 bits per heavy atom. The molecule has 142 valence electrons. The molecule has 0 aliphatic carbocycles. The summed E-state index contributed by atoms with van der Waals surface area (Å²) in [6.07, 6.45) is 0.323. The van der Waals surface area contributed by atoms with E-state index in [9.17, 15) is 9.50 Å². The van der Waals surface area contributed by atoms with Gasteiger partial charge in [0.25, 0.3) is 0 Å². The van der Waals surface area contributed by atoms with Gasteiger partial charge in [0, 0.05) is 23.7 Å². The number of benzene rings is 2. The molecule has 0 aliphatic heterocycles. The summed E-state index contributed by atoms with van der Waals surface area (Å²) < 4.78 is 19.6. The monoisotopic (exact) mass is 379 g/mol. The smallest absolute Gasteiger partial charge is 0.127 e. The van der Waals surface area contributed by atoms with E-state index in [0.29, 0.717) is 35.3 Å². The standard InChI is InChI=1S/C21H27ClFNO2/c1-16(2)11-12-24(13-17-5-3-4-6-21(17)23)14-19(25)15-26-20-9-7-18(22)8-10-20/h3-10,16,19,25H,11-15H2,1-2H3. The highest BCUT2D eigenvalue weighted by Crippen LogP contribution is 2.16. The molecule has 2 rings (SSSR count). The Hall–Kier alpha value is -1.62. The summed E-state index contributed by atoms with van der Waals surface area (Å²) in [5, 5.41) is 11.0. The zero-order valence-corrected chi connectivity index (χ0v) is 16.1. The van der Waals surface area contributed by atoms with Crippen LogP contribution in [0.15, 0.2) is 48.5 Å². The van der Waals surface area contributed by atoms with Crippen molar-refractivity contribution in [3.05, 3.63) is 64.9 Å². The minimum Gasteiger partial charge on any atom is -0.491 e. The van der Waals surface area contributed by atoms with Crippen molar-refractivity contribution in [1.82, 2.24) is 4.90 Å². The van der Waals surface area contributed by atoms with E-state index in [1.165, 1.54) is 6.07 Å². The summed E-state index contributed by atoms with van der Waals surface area (Å²) in [7, 11) is 0. The topological polar surface area (TPSA) is 32.7 Å². The Morgan fingerprint density at radius 1 is 1.12 bits per heavy atom. The molecule has 5 heteroatoms. The van der Waals surface area contributed by atoms with E-state index in [1.54, 1.807) is 36.4 Å². The van der Waals surface area contributed by atoms with E-state index in [2.05, 4.69) is 18.7 Å². The Morgan fingerprint density at radius 2 is 1.81 bits per heavy atom. The first kappa shape index (κ1) is 20.7. The maximum absolute atomic E-state index is 14.0. The van der Waals surface area contributed by atoms with Crippen LogP contribution in [0, 0.1) is 11.7 Å². The summed E-state index contributed by atoms with van der Waals surface area (Å²) in [5.41, 5.74) is 0.641. The maximum Gasteiger partial charge on any atom is 0.127 e. The lowest BCUT2D eigenvalue weighted by molar-refractivity contribution is 0.0635. The third kappa shape index (κ3) is 7.32. The SMILES string of the molecule is CC(C)CCN(Cc1ccccc1F)CC(O)COc1ccc(Cl)cc1. The zero-order valence-electron chi connectivity index (χ0n) is 15.4. The van der Waals surface area contributed by atoms with Crippen LogP contribution < -0.4 is 4.74 Å². The van der Waals surface area contributed by atoms with Crippen LogP contribution in [0.1, 0.15) is 25.8 Å². The summed E-state index contributed by atoms with van der Waals surface area (Å²) in [4.78, 5) is 2.08. The Bertz CT molecular complexity index is 663. The average molecular weight is 380 g/mol. The summed E-state index contributed by atoms with van der Waals surface area (Å²) in [5.74, 6) is 0.991. The molecule has 0 heterocycles. The van der Waals surface area contributed by atoms with Gasteiger partial charge in [-0.2, -0.15) is 0 Å². The molecule has 2 aromatic carbocycles. The molecule has 0 radical (unpaired) electrons. The van der Waals surface area contributed by atoms with E-state index in [1.807, 2.05) is 6.07 Å². The highest BCUT2D eigenvalue weighted by Gasteiger charge is 2.15. The van der Waals surface area contributed by atoms with Crippen molar-refractivity contribution in [2.45, 2.75) is 32.9 Å². The van der Waals surface area contributed by atoms with Crippen LogP contribution in [0.3, 0.4) is 0 Å². The second-order valence-corrected chi connectivity index (χ2v) is 7.36. The number of ether oxygens (including phenoxy) is 1. The van der Waals surface area contributed by atoms with Crippen LogP contribution in [0.5, 0.6) is 5.75 Å². The number of rotatable bonds is 10. The highest BCUT2D eigenvalue weighted by molar-refractivity contribution is 6.30. The van der Waals surface area contributed by atoms with E-state index in [-0.39, 0.29) is 12.4 Å². The van der Waals surface area contributed by atoms with Gasteiger partial charge in [0.2, 0.25) is 0 Å². The highest BCUT2D eigenvalue weighted by atomic mass is 35.5. The molecule has 0 fully saturated rings. The molecule has 0 amide bonds. The van der Waals surface area contributed by atoms with Crippen molar-refractivity contribution in [3.8, 4) is 5.75 Å². The quantitative estimate of drug-likeness (QED) is 0.645. The summed E-state index contributed by atoms with van der Waals surface area (Å²) in [6, 6.07) is 13.8. The van der Waals surface area contributed by atoms with Crippen LogP contribution in [-0.4, -0.2) is 35.8 Å². The lowest BCUT2D eigenvalue weighted by Gasteiger charge is -2.26. The van der Waals surface area contributed by atoms with Gasteiger partial charge in [-0.15, -0.1) is 0 Å². The largest absolute Gasteiger partial charge is 0.491 e. The Labute approximate surface area is 160 Å². The number of hydrogen-bond donors (Lipinski definition) is 1. The normalized spacial score (nSPS) is 12.6. The van der Waals surface area contributed by atoms with Gasteiger partial charge in [-0.1, -0.05) is 43.6 Å². The molecule has 0 spiro atoms. The van der Waals surface area contributed by atoms with E-state index in [0.717, 1.165) is 13.0 Å². The van der Waals surface area contributed by atoms with Crippen molar-refractivity contribution < 1.29 is 14.2 Å². The molecule has 1 unspecified atom stereocenters. The van der Waals surface area contributed by atoms with Gasteiger partial charge >= 0.3 is 0 Å². The van der Waals surface area contributed by atoms with Crippen LogP contribution in [0.4, 0.5) is 4.39 Å². The first-order valence-electron chi connectivity index (χ1n) is 8.96. The predicted molar refractivity (Wildman–Crippen MR) is 104 cm³/mol. The minimum absolute atomic E-state index is 0.178. The van der Waals surface area contributed by atoms with Crippen molar-refractivity contribution in [3.63, 3.8) is 0 Å². The Kier molecular flexibility index (Phi) is 8.36. The fourth-order valence-corrected chi connectivity index (χ4v) is 2.74.